The molecule has 0 aromatic heterocycles. The van der Waals surface area contributed by atoms with Gasteiger partial charge in [0.05, 0.1) is 20.1 Å². The molecule has 0 aliphatic rings. The van der Waals surface area contributed by atoms with Gasteiger partial charge in [0.1, 0.15) is 11.5 Å². The van der Waals surface area contributed by atoms with Crippen molar-refractivity contribution < 1.29 is 22.6 Å². The van der Waals surface area contributed by atoms with E-state index in [0.717, 1.165) is 18.5 Å². The fraction of sp³-hybridized carbons (Fsp3) is 0.600. The van der Waals surface area contributed by atoms with Crippen molar-refractivity contribution in [3.8, 4) is 11.5 Å². The summed E-state index contributed by atoms with van der Waals surface area (Å²) in [4.78, 5) is 0. The van der Waals surface area contributed by atoms with Crippen LogP contribution in [0.15, 0.2) is 18.2 Å². The minimum Gasteiger partial charge on any atom is -0.497 e. The highest BCUT2D eigenvalue weighted by Gasteiger charge is 2.27. The second-order valence-corrected chi connectivity index (χ2v) is 4.79. The molecule has 0 saturated heterocycles. The first-order valence-corrected chi connectivity index (χ1v) is 6.98. The van der Waals surface area contributed by atoms with Gasteiger partial charge >= 0.3 is 6.18 Å². The van der Waals surface area contributed by atoms with Crippen molar-refractivity contribution in [2.24, 2.45) is 0 Å². The van der Waals surface area contributed by atoms with Crippen LogP contribution >= 0.6 is 0 Å². The average Bonchev–Trinajstić information content (AvgIpc) is 2.43. The maximum Gasteiger partial charge on any atom is 0.392 e. The van der Waals surface area contributed by atoms with E-state index in [-0.39, 0.29) is 6.04 Å². The van der Waals surface area contributed by atoms with E-state index < -0.39 is 19.2 Å². The summed E-state index contributed by atoms with van der Waals surface area (Å²) in [5, 5.41) is 3.29. The van der Waals surface area contributed by atoms with Crippen molar-refractivity contribution in [3.63, 3.8) is 0 Å². The smallest absolute Gasteiger partial charge is 0.392 e. The van der Waals surface area contributed by atoms with Gasteiger partial charge in [-0.1, -0.05) is 13.0 Å². The Labute approximate surface area is 123 Å². The molecule has 1 aromatic rings. The van der Waals surface area contributed by atoms with Gasteiger partial charge in [0.25, 0.3) is 0 Å². The Morgan fingerprint density at radius 3 is 2.57 bits per heavy atom. The summed E-state index contributed by atoms with van der Waals surface area (Å²) in [6, 6.07) is 5.21. The van der Waals surface area contributed by atoms with E-state index >= 15 is 0 Å². The van der Waals surface area contributed by atoms with E-state index in [0.29, 0.717) is 11.5 Å². The highest BCUT2D eigenvalue weighted by atomic mass is 19.4. The SMILES string of the molecule is CCCNC(C)c1ccc(OC)cc1OCCC(F)(F)F. The third-order valence-corrected chi connectivity index (χ3v) is 3.03. The molecular formula is C15H22F3NO2. The van der Waals surface area contributed by atoms with Crippen molar-refractivity contribution in [2.45, 2.75) is 38.9 Å². The molecule has 0 aliphatic heterocycles. The number of ether oxygens (including phenoxy) is 2. The molecular weight excluding hydrogens is 283 g/mol. The van der Waals surface area contributed by atoms with Crippen LogP contribution in [0, 0.1) is 0 Å². The first-order valence-electron chi connectivity index (χ1n) is 6.98. The zero-order valence-electron chi connectivity index (χ0n) is 12.6. The lowest BCUT2D eigenvalue weighted by molar-refractivity contribution is -0.139. The molecule has 0 bridgehead atoms. The molecule has 6 heteroatoms. The molecule has 1 rings (SSSR count). The quantitative estimate of drug-likeness (QED) is 0.785. The maximum atomic E-state index is 12.2. The zero-order valence-corrected chi connectivity index (χ0v) is 12.6. The lowest BCUT2D eigenvalue weighted by Gasteiger charge is -2.19. The minimum atomic E-state index is -4.22. The van der Waals surface area contributed by atoms with Crippen molar-refractivity contribution in [2.75, 3.05) is 20.3 Å². The van der Waals surface area contributed by atoms with Gasteiger partial charge in [-0.05, 0) is 26.0 Å². The van der Waals surface area contributed by atoms with Gasteiger partial charge in [0, 0.05) is 17.7 Å². The molecule has 0 amide bonds. The van der Waals surface area contributed by atoms with Gasteiger partial charge < -0.3 is 14.8 Å². The molecule has 1 N–H and O–H groups in total. The van der Waals surface area contributed by atoms with Crippen LogP contribution in [-0.4, -0.2) is 26.4 Å². The van der Waals surface area contributed by atoms with Crippen LogP contribution in [0.25, 0.3) is 0 Å². The Balaban J connectivity index is 2.81. The molecule has 21 heavy (non-hydrogen) atoms. The summed E-state index contributed by atoms with van der Waals surface area (Å²) in [6.45, 7) is 4.43. The molecule has 3 nitrogen and oxygen atoms in total. The van der Waals surface area contributed by atoms with Crippen molar-refractivity contribution in [1.82, 2.24) is 5.32 Å². The summed E-state index contributed by atoms with van der Waals surface area (Å²) in [6.07, 6.45) is -4.21. The van der Waals surface area contributed by atoms with Gasteiger partial charge in [-0.3, -0.25) is 0 Å². The summed E-state index contributed by atoms with van der Waals surface area (Å²) < 4.78 is 47.0. The monoisotopic (exact) mass is 305 g/mol. The first kappa shape index (κ1) is 17.6. The van der Waals surface area contributed by atoms with Crippen LogP contribution in [0.2, 0.25) is 0 Å². The predicted octanol–water partition coefficient (Wildman–Crippen LogP) is 4.09. The molecule has 0 radical (unpaired) electrons. The number of methoxy groups -OCH3 is 1. The largest absolute Gasteiger partial charge is 0.497 e. The number of halogens is 3. The number of alkyl halides is 3. The highest BCUT2D eigenvalue weighted by Crippen LogP contribution is 2.30. The van der Waals surface area contributed by atoms with E-state index in [1.165, 1.54) is 7.11 Å². The lowest BCUT2D eigenvalue weighted by Crippen LogP contribution is -2.20. The summed E-state index contributed by atoms with van der Waals surface area (Å²) >= 11 is 0. The van der Waals surface area contributed by atoms with Crippen molar-refractivity contribution >= 4 is 0 Å². The van der Waals surface area contributed by atoms with Gasteiger partial charge in [-0.2, -0.15) is 13.2 Å². The van der Waals surface area contributed by atoms with Gasteiger partial charge in [0.2, 0.25) is 0 Å². The number of hydrogen-bond donors (Lipinski definition) is 1. The number of hydrogen-bond acceptors (Lipinski definition) is 3. The molecule has 0 aliphatic carbocycles. The van der Waals surface area contributed by atoms with E-state index in [1.54, 1.807) is 12.1 Å². The summed E-state index contributed by atoms with van der Waals surface area (Å²) in [5.74, 6) is 0.984. The number of rotatable bonds is 8. The predicted molar refractivity (Wildman–Crippen MR) is 75.9 cm³/mol. The van der Waals surface area contributed by atoms with Crippen LogP contribution < -0.4 is 14.8 Å². The van der Waals surface area contributed by atoms with E-state index in [1.807, 2.05) is 13.0 Å². The van der Waals surface area contributed by atoms with E-state index in [4.69, 9.17) is 9.47 Å². The molecule has 1 atom stereocenters. The maximum absolute atomic E-state index is 12.2. The molecule has 0 spiro atoms. The minimum absolute atomic E-state index is 0.00302. The van der Waals surface area contributed by atoms with Crippen LogP contribution in [0.4, 0.5) is 13.2 Å². The van der Waals surface area contributed by atoms with Gasteiger partial charge in [-0.25, -0.2) is 0 Å². The van der Waals surface area contributed by atoms with E-state index in [9.17, 15) is 13.2 Å². The zero-order chi connectivity index (χ0) is 15.9. The Bertz CT molecular complexity index is 435. The second kappa shape index (κ2) is 8.12. The summed E-state index contributed by atoms with van der Waals surface area (Å²) in [5.41, 5.74) is 0.825. The second-order valence-electron chi connectivity index (χ2n) is 4.79. The van der Waals surface area contributed by atoms with Gasteiger partial charge in [0.15, 0.2) is 0 Å². The Hall–Kier alpha value is -1.43. The molecule has 1 unspecified atom stereocenters. The van der Waals surface area contributed by atoms with Crippen LogP contribution in [0.3, 0.4) is 0 Å². The molecule has 1 aromatic carbocycles. The fourth-order valence-electron chi connectivity index (χ4n) is 1.87. The van der Waals surface area contributed by atoms with Crippen molar-refractivity contribution in [3.05, 3.63) is 23.8 Å². The van der Waals surface area contributed by atoms with Crippen LogP contribution in [0.1, 0.15) is 38.3 Å². The molecule has 0 heterocycles. The van der Waals surface area contributed by atoms with Crippen LogP contribution in [-0.2, 0) is 0 Å². The molecule has 0 saturated carbocycles. The molecule has 0 fully saturated rings. The third-order valence-electron chi connectivity index (χ3n) is 3.03. The normalized spacial score (nSPS) is 13.0. The standard InChI is InChI=1S/C15H22F3NO2/c1-4-8-19-11(2)13-6-5-12(20-3)10-14(13)21-9-7-15(16,17)18/h5-6,10-11,19H,4,7-9H2,1-3H3. The lowest BCUT2D eigenvalue weighted by atomic mass is 10.1. The topological polar surface area (TPSA) is 30.5 Å². The highest BCUT2D eigenvalue weighted by molar-refractivity contribution is 5.42. The number of benzene rings is 1. The van der Waals surface area contributed by atoms with Crippen molar-refractivity contribution in [1.29, 1.82) is 0 Å². The first-order chi connectivity index (χ1) is 9.87. The third kappa shape index (κ3) is 6.25. The average molecular weight is 305 g/mol. The molecule has 120 valence electrons. The van der Waals surface area contributed by atoms with Gasteiger partial charge in [-0.15, -0.1) is 0 Å². The number of nitrogens with one attached hydrogen (secondary N) is 1. The Kier molecular flexibility index (Phi) is 6.81. The fourth-order valence-corrected chi connectivity index (χ4v) is 1.87. The Morgan fingerprint density at radius 1 is 1.29 bits per heavy atom. The van der Waals surface area contributed by atoms with E-state index in [2.05, 4.69) is 12.2 Å². The Morgan fingerprint density at radius 2 is 2.00 bits per heavy atom. The summed E-state index contributed by atoms with van der Waals surface area (Å²) in [7, 11) is 1.51. The van der Waals surface area contributed by atoms with Crippen LogP contribution in [0.5, 0.6) is 11.5 Å².